The average molecular weight is 212 g/mol. The minimum absolute atomic E-state index is 0.115. The third-order valence-electron chi connectivity index (χ3n) is 2.78. The number of hydrogen-bond acceptors (Lipinski definition) is 2. The van der Waals surface area contributed by atoms with Gasteiger partial charge < -0.3 is 10.5 Å². The maximum absolute atomic E-state index is 11.3. The Morgan fingerprint density at radius 2 is 1.94 bits per heavy atom. The van der Waals surface area contributed by atoms with E-state index in [9.17, 15) is 5.11 Å². The maximum atomic E-state index is 11.3. The second-order valence-electron chi connectivity index (χ2n) is 3.88. The van der Waals surface area contributed by atoms with Crippen molar-refractivity contribution in [2.24, 2.45) is 0 Å². The first-order valence-corrected chi connectivity index (χ1v) is 5.09. The van der Waals surface area contributed by atoms with Crippen molar-refractivity contribution in [3.05, 3.63) is 47.5 Å². The van der Waals surface area contributed by atoms with E-state index < -0.39 is 0 Å². The van der Waals surface area contributed by atoms with E-state index >= 15 is 0 Å². The molecule has 79 valence electrons. The minimum Gasteiger partial charge on any atom is -0.457 e. The van der Waals surface area contributed by atoms with E-state index in [1.54, 1.807) is 0 Å². The van der Waals surface area contributed by atoms with Crippen molar-refractivity contribution >= 4 is 5.69 Å². The summed E-state index contributed by atoms with van der Waals surface area (Å²) in [7, 11) is 0. The number of benzene rings is 2. The Kier molecular flexibility index (Phi) is 1.80. The molecule has 0 atom stereocenters. The van der Waals surface area contributed by atoms with Gasteiger partial charge >= 0.3 is 0 Å². The van der Waals surface area contributed by atoms with E-state index in [0.29, 0.717) is 11.4 Å². The van der Waals surface area contributed by atoms with Crippen LogP contribution in [0.3, 0.4) is 0 Å². The fourth-order valence-corrected chi connectivity index (χ4v) is 1.98. The first-order chi connectivity index (χ1) is 7.74. The molecule has 0 fully saturated rings. The van der Waals surface area contributed by atoms with E-state index in [4.69, 9.17) is 10.5 Å². The van der Waals surface area contributed by atoms with Crippen LogP contribution in [-0.2, 0) is 11.5 Å². The number of ether oxygens (including phenoxy) is 1. The van der Waals surface area contributed by atoms with Gasteiger partial charge in [-0.15, -0.1) is 0 Å². The van der Waals surface area contributed by atoms with Crippen molar-refractivity contribution in [2.45, 2.75) is 6.42 Å². The highest BCUT2D eigenvalue weighted by molar-refractivity contribution is 5.63. The van der Waals surface area contributed by atoms with Crippen molar-refractivity contribution in [1.29, 1.82) is 0 Å². The second-order valence-corrected chi connectivity index (χ2v) is 3.88. The van der Waals surface area contributed by atoms with Crippen LogP contribution in [0.25, 0.3) is 0 Å². The molecule has 0 spiro atoms. The summed E-state index contributed by atoms with van der Waals surface area (Å²) in [5, 5.41) is 11.3. The summed E-state index contributed by atoms with van der Waals surface area (Å²) in [6.07, 6.45) is 0.720. The summed E-state index contributed by atoms with van der Waals surface area (Å²) in [6, 6.07) is 10.7. The Bertz CT molecular complexity index is 564. The average Bonchev–Trinajstić information content (AvgIpc) is 2.27. The van der Waals surface area contributed by atoms with Gasteiger partial charge in [-0.2, -0.15) is 0 Å². The lowest BCUT2D eigenvalue weighted by molar-refractivity contribution is 0.351. The lowest BCUT2D eigenvalue weighted by atomic mass is 9.99. The first-order valence-electron chi connectivity index (χ1n) is 5.09. The third kappa shape index (κ3) is 1.29. The molecule has 1 aliphatic rings. The molecule has 3 rings (SSSR count). The molecule has 0 saturated heterocycles. The first kappa shape index (κ1) is 9.09. The van der Waals surface area contributed by atoms with E-state index in [-0.39, 0.29) is 5.75 Å². The van der Waals surface area contributed by atoms with Crippen LogP contribution in [0.1, 0.15) is 11.1 Å². The van der Waals surface area contributed by atoms with Crippen LogP contribution in [0.15, 0.2) is 36.4 Å². The molecule has 1 aliphatic heterocycles. The highest BCUT2D eigenvalue weighted by Crippen LogP contribution is 2.41. The molecule has 1 heterocycles. The summed E-state index contributed by atoms with van der Waals surface area (Å²) in [5.41, 5.74) is 8.33. The summed E-state index contributed by atoms with van der Waals surface area (Å²) in [6.45, 7) is 0. The molecular weight excluding hydrogens is 202 g/mol. The van der Waals surface area contributed by atoms with Crippen LogP contribution < -0.4 is 10.5 Å². The monoisotopic (exact) mass is 212 g/mol. The van der Waals surface area contributed by atoms with Gasteiger partial charge in [0.2, 0.25) is 0 Å². The van der Waals surface area contributed by atoms with Gasteiger partial charge in [-0.3, -0.25) is 5.11 Å². The molecule has 0 unspecified atom stereocenters. The van der Waals surface area contributed by atoms with Crippen molar-refractivity contribution in [1.82, 2.24) is 0 Å². The Morgan fingerprint density at radius 3 is 2.81 bits per heavy atom. The highest BCUT2D eigenvalue weighted by Gasteiger charge is 2.19. The number of nitrogens with two attached hydrogens (primary N) is 1. The smallest absolute Gasteiger partial charge is 0.184 e. The van der Waals surface area contributed by atoms with Crippen LogP contribution in [0, 0.1) is 0 Å². The summed E-state index contributed by atoms with van der Waals surface area (Å²) in [4.78, 5) is 0. The predicted octanol–water partition coefficient (Wildman–Crippen LogP) is 3.11. The molecule has 0 saturated carbocycles. The number of rotatable bonds is 0. The molecule has 0 aromatic heterocycles. The van der Waals surface area contributed by atoms with Gasteiger partial charge in [0, 0.05) is 29.8 Å². The molecule has 2 aromatic carbocycles. The van der Waals surface area contributed by atoms with E-state index in [1.807, 2.05) is 24.3 Å². The van der Waals surface area contributed by atoms with Gasteiger partial charge in [0.15, 0.2) is 5.75 Å². The molecule has 3 heteroatoms. The molecule has 16 heavy (non-hydrogen) atoms. The van der Waals surface area contributed by atoms with Gasteiger partial charge in [-0.25, -0.2) is 0 Å². The zero-order valence-electron chi connectivity index (χ0n) is 8.57. The normalized spacial score (nSPS) is 12.5. The molecule has 3 nitrogen and oxygen atoms in total. The fraction of sp³-hybridized carbons (Fsp3) is 0.0769. The van der Waals surface area contributed by atoms with Gasteiger partial charge in [0.05, 0.1) is 0 Å². The van der Waals surface area contributed by atoms with E-state index in [0.717, 1.165) is 23.3 Å². The number of fused-ring (bicyclic) bond motifs is 2. The van der Waals surface area contributed by atoms with Crippen molar-refractivity contribution < 1.29 is 9.84 Å². The molecule has 0 amide bonds. The molecule has 1 radical (unpaired) electrons. The van der Waals surface area contributed by atoms with Crippen LogP contribution in [0.5, 0.6) is 17.2 Å². The molecule has 2 aromatic rings. The standard InChI is InChI=1S/C13H10NO2/c14-11-6-9(15)7-13-10(11)5-8-3-1-2-4-12(8)16-13/h1-4,6-7H,5,14H2. The van der Waals surface area contributed by atoms with Crippen LogP contribution >= 0.6 is 0 Å². The Balaban J connectivity index is 2.15. The van der Waals surface area contributed by atoms with Gasteiger partial charge in [-0.1, -0.05) is 18.2 Å². The van der Waals surface area contributed by atoms with E-state index in [1.165, 1.54) is 12.1 Å². The van der Waals surface area contributed by atoms with Crippen molar-refractivity contribution in [3.63, 3.8) is 0 Å². The predicted molar refractivity (Wildman–Crippen MR) is 60.3 cm³/mol. The van der Waals surface area contributed by atoms with E-state index in [2.05, 4.69) is 0 Å². The van der Waals surface area contributed by atoms with Crippen LogP contribution in [-0.4, -0.2) is 0 Å². The SMILES string of the molecule is Nc1cc([O])cc2c1Cc1ccccc1O2. The summed E-state index contributed by atoms with van der Waals surface area (Å²) in [5.74, 6) is 1.28. The molecular formula is C13H10NO2. The van der Waals surface area contributed by atoms with Crippen molar-refractivity contribution in [2.75, 3.05) is 5.73 Å². The minimum atomic E-state index is -0.115. The Hall–Kier alpha value is -2.16. The zero-order chi connectivity index (χ0) is 11.1. The fourth-order valence-electron chi connectivity index (χ4n) is 1.98. The van der Waals surface area contributed by atoms with Gasteiger partial charge in [-0.05, 0) is 11.6 Å². The maximum Gasteiger partial charge on any atom is 0.184 e. The number of nitrogen functional groups attached to an aromatic ring is 1. The lowest BCUT2D eigenvalue weighted by Crippen LogP contribution is -2.05. The lowest BCUT2D eigenvalue weighted by Gasteiger charge is -2.21. The number of para-hydroxylation sites is 1. The highest BCUT2D eigenvalue weighted by atomic mass is 16.5. The van der Waals surface area contributed by atoms with Gasteiger partial charge in [0.25, 0.3) is 0 Å². The second kappa shape index (κ2) is 3.17. The number of hydrogen-bond donors (Lipinski definition) is 1. The molecule has 0 bridgehead atoms. The summed E-state index contributed by atoms with van der Waals surface area (Å²) < 4.78 is 5.66. The largest absolute Gasteiger partial charge is 0.457 e. The Labute approximate surface area is 93.1 Å². The summed E-state index contributed by atoms with van der Waals surface area (Å²) >= 11 is 0. The number of anilines is 1. The topological polar surface area (TPSA) is 55.2 Å². The van der Waals surface area contributed by atoms with Crippen molar-refractivity contribution in [3.8, 4) is 17.2 Å². The zero-order valence-corrected chi connectivity index (χ0v) is 8.57. The van der Waals surface area contributed by atoms with Gasteiger partial charge in [0.1, 0.15) is 11.5 Å². The molecule has 0 aliphatic carbocycles. The molecule has 2 N–H and O–H groups in total. The Morgan fingerprint density at radius 1 is 1.12 bits per heavy atom. The quantitative estimate of drug-likeness (QED) is 0.582. The van der Waals surface area contributed by atoms with Crippen LogP contribution in [0.2, 0.25) is 0 Å². The van der Waals surface area contributed by atoms with Crippen LogP contribution in [0.4, 0.5) is 5.69 Å². The third-order valence-corrected chi connectivity index (χ3v) is 2.78.